The molecule has 1 unspecified atom stereocenters. The van der Waals surface area contributed by atoms with Crippen LogP contribution in [0.1, 0.15) is 26.0 Å². The molecule has 0 aromatic carbocycles. The molecule has 0 amide bonds. The summed E-state index contributed by atoms with van der Waals surface area (Å²) in [6.07, 6.45) is 3.76. The van der Waals surface area contributed by atoms with Crippen LogP contribution < -0.4 is 10.2 Å². The zero-order chi connectivity index (χ0) is 13.5. The van der Waals surface area contributed by atoms with Crippen LogP contribution in [0.4, 0.5) is 5.82 Å². The van der Waals surface area contributed by atoms with Crippen LogP contribution >= 0.6 is 0 Å². The van der Waals surface area contributed by atoms with Crippen molar-refractivity contribution in [2.24, 2.45) is 0 Å². The molecule has 2 heterocycles. The third kappa shape index (κ3) is 3.88. The predicted octanol–water partition coefficient (Wildman–Crippen LogP) is 1.24. The third-order valence-electron chi connectivity index (χ3n) is 3.40. The lowest BCUT2D eigenvalue weighted by atomic mass is 10.2. The van der Waals surface area contributed by atoms with E-state index in [1.165, 1.54) is 0 Å². The molecule has 1 saturated heterocycles. The van der Waals surface area contributed by atoms with Crippen LogP contribution in [0.2, 0.25) is 0 Å². The van der Waals surface area contributed by atoms with Crippen molar-refractivity contribution in [2.75, 3.05) is 37.7 Å². The summed E-state index contributed by atoms with van der Waals surface area (Å²) in [5, 5.41) is 3.47. The van der Waals surface area contributed by atoms with Crippen LogP contribution in [0.15, 0.2) is 12.4 Å². The molecule has 1 aliphatic rings. The number of rotatable bonds is 6. The van der Waals surface area contributed by atoms with Gasteiger partial charge in [0, 0.05) is 24.8 Å². The van der Waals surface area contributed by atoms with Crippen molar-refractivity contribution >= 4 is 5.82 Å². The van der Waals surface area contributed by atoms with E-state index in [2.05, 4.69) is 40.1 Å². The standard InChI is InChI=1S/C14H24N4O/c1-3-5-15-9-13-10-19-7-6-18(13)14-8-12(4-2)16-11-17-14/h8,11,13,15H,3-7,9-10H2,1-2H3. The maximum absolute atomic E-state index is 5.60. The fourth-order valence-corrected chi connectivity index (χ4v) is 2.31. The SMILES string of the molecule is CCCNCC1COCCN1c1cc(CC)ncn1. The molecule has 106 valence electrons. The molecule has 19 heavy (non-hydrogen) atoms. The molecule has 5 nitrogen and oxygen atoms in total. The van der Waals surface area contributed by atoms with Gasteiger partial charge in [-0.15, -0.1) is 0 Å². The molecule has 0 bridgehead atoms. The van der Waals surface area contributed by atoms with Crippen molar-refractivity contribution in [1.82, 2.24) is 15.3 Å². The lowest BCUT2D eigenvalue weighted by molar-refractivity contribution is 0.0934. The molecule has 5 heteroatoms. The fourth-order valence-electron chi connectivity index (χ4n) is 2.31. The highest BCUT2D eigenvalue weighted by molar-refractivity contribution is 5.41. The molecule has 0 radical (unpaired) electrons. The largest absolute Gasteiger partial charge is 0.377 e. The van der Waals surface area contributed by atoms with E-state index in [9.17, 15) is 0 Å². The van der Waals surface area contributed by atoms with Gasteiger partial charge in [0.15, 0.2) is 0 Å². The van der Waals surface area contributed by atoms with E-state index in [1.54, 1.807) is 6.33 Å². The second-order valence-electron chi connectivity index (χ2n) is 4.85. The molecule has 0 aliphatic carbocycles. The second-order valence-corrected chi connectivity index (χ2v) is 4.85. The van der Waals surface area contributed by atoms with Gasteiger partial charge in [0.25, 0.3) is 0 Å². The van der Waals surface area contributed by atoms with Gasteiger partial charge < -0.3 is 15.0 Å². The molecule has 0 saturated carbocycles. The van der Waals surface area contributed by atoms with Crippen molar-refractivity contribution in [3.63, 3.8) is 0 Å². The van der Waals surface area contributed by atoms with Crippen LogP contribution in [-0.4, -0.2) is 48.9 Å². The third-order valence-corrected chi connectivity index (χ3v) is 3.40. The first-order chi connectivity index (χ1) is 9.35. The highest BCUT2D eigenvalue weighted by Gasteiger charge is 2.23. The Balaban J connectivity index is 2.05. The van der Waals surface area contributed by atoms with E-state index >= 15 is 0 Å². The van der Waals surface area contributed by atoms with Crippen molar-refractivity contribution in [3.8, 4) is 0 Å². The summed E-state index contributed by atoms with van der Waals surface area (Å²) < 4.78 is 5.60. The minimum Gasteiger partial charge on any atom is -0.377 e. The minimum absolute atomic E-state index is 0.361. The topological polar surface area (TPSA) is 50.3 Å². The van der Waals surface area contributed by atoms with Gasteiger partial charge in [-0.3, -0.25) is 0 Å². The van der Waals surface area contributed by atoms with Crippen LogP contribution in [0.3, 0.4) is 0 Å². The molecule has 1 atom stereocenters. The second kappa shape index (κ2) is 7.40. The Bertz CT molecular complexity index is 385. The van der Waals surface area contributed by atoms with Gasteiger partial charge in [0.1, 0.15) is 12.1 Å². The zero-order valence-corrected chi connectivity index (χ0v) is 11.9. The Hall–Kier alpha value is -1.20. The number of morpholine rings is 1. The number of hydrogen-bond donors (Lipinski definition) is 1. The van der Waals surface area contributed by atoms with E-state index in [4.69, 9.17) is 4.74 Å². The Labute approximate surface area is 115 Å². The van der Waals surface area contributed by atoms with E-state index in [0.29, 0.717) is 6.04 Å². The molecular formula is C14H24N4O. The number of ether oxygens (including phenoxy) is 1. The molecule has 1 aromatic rings. The number of nitrogens with one attached hydrogen (secondary N) is 1. The van der Waals surface area contributed by atoms with Gasteiger partial charge in [-0.2, -0.15) is 0 Å². The van der Waals surface area contributed by atoms with Crippen molar-refractivity contribution in [1.29, 1.82) is 0 Å². The van der Waals surface area contributed by atoms with Gasteiger partial charge in [-0.1, -0.05) is 13.8 Å². The van der Waals surface area contributed by atoms with Gasteiger partial charge in [-0.25, -0.2) is 9.97 Å². The van der Waals surface area contributed by atoms with Crippen LogP contribution in [-0.2, 0) is 11.2 Å². The van der Waals surface area contributed by atoms with Gasteiger partial charge in [0.2, 0.25) is 0 Å². The average molecular weight is 264 g/mol. The Morgan fingerprint density at radius 1 is 1.42 bits per heavy atom. The van der Waals surface area contributed by atoms with Gasteiger partial charge in [-0.05, 0) is 19.4 Å². The van der Waals surface area contributed by atoms with Crippen LogP contribution in [0, 0.1) is 0 Å². The molecular weight excluding hydrogens is 240 g/mol. The highest BCUT2D eigenvalue weighted by atomic mass is 16.5. The quantitative estimate of drug-likeness (QED) is 0.784. The fraction of sp³-hybridized carbons (Fsp3) is 0.714. The van der Waals surface area contributed by atoms with Gasteiger partial charge in [0.05, 0.1) is 19.3 Å². The predicted molar refractivity (Wildman–Crippen MR) is 76.5 cm³/mol. The lowest BCUT2D eigenvalue weighted by Gasteiger charge is -2.36. The Morgan fingerprint density at radius 2 is 2.32 bits per heavy atom. The average Bonchev–Trinajstić information content (AvgIpc) is 2.48. The first-order valence-corrected chi connectivity index (χ1v) is 7.21. The van der Waals surface area contributed by atoms with Crippen LogP contribution in [0.25, 0.3) is 0 Å². The summed E-state index contributed by atoms with van der Waals surface area (Å²) in [5.74, 6) is 1.03. The number of hydrogen-bond acceptors (Lipinski definition) is 5. The summed E-state index contributed by atoms with van der Waals surface area (Å²) >= 11 is 0. The summed E-state index contributed by atoms with van der Waals surface area (Å²) in [6, 6.07) is 2.46. The van der Waals surface area contributed by atoms with E-state index in [1.807, 2.05) is 0 Å². The molecule has 1 aliphatic heterocycles. The molecule has 2 rings (SSSR count). The van der Waals surface area contributed by atoms with E-state index < -0.39 is 0 Å². The van der Waals surface area contributed by atoms with E-state index in [-0.39, 0.29) is 0 Å². The monoisotopic (exact) mass is 264 g/mol. The van der Waals surface area contributed by atoms with Crippen LogP contribution in [0.5, 0.6) is 0 Å². The molecule has 1 N–H and O–H groups in total. The summed E-state index contributed by atoms with van der Waals surface area (Å²) in [7, 11) is 0. The minimum atomic E-state index is 0.361. The Kier molecular flexibility index (Phi) is 5.54. The van der Waals surface area contributed by atoms with Crippen molar-refractivity contribution < 1.29 is 4.74 Å². The number of aryl methyl sites for hydroxylation is 1. The summed E-state index contributed by atoms with van der Waals surface area (Å²) in [4.78, 5) is 11.0. The number of anilines is 1. The zero-order valence-electron chi connectivity index (χ0n) is 11.9. The number of nitrogens with zero attached hydrogens (tertiary/aromatic N) is 3. The Morgan fingerprint density at radius 3 is 3.11 bits per heavy atom. The number of aromatic nitrogens is 2. The first-order valence-electron chi connectivity index (χ1n) is 7.21. The normalized spacial score (nSPS) is 19.7. The van der Waals surface area contributed by atoms with Crippen molar-refractivity contribution in [2.45, 2.75) is 32.7 Å². The highest BCUT2D eigenvalue weighted by Crippen LogP contribution is 2.17. The summed E-state index contributed by atoms with van der Waals surface area (Å²) in [5.41, 5.74) is 1.09. The lowest BCUT2D eigenvalue weighted by Crippen LogP contribution is -2.51. The molecule has 1 fully saturated rings. The smallest absolute Gasteiger partial charge is 0.132 e. The van der Waals surface area contributed by atoms with Gasteiger partial charge >= 0.3 is 0 Å². The van der Waals surface area contributed by atoms with E-state index in [0.717, 1.165) is 57.2 Å². The van der Waals surface area contributed by atoms with Crippen molar-refractivity contribution in [3.05, 3.63) is 18.1 Å². The molecule has 1 aromatic heterocycles. The maximum Gasteiger partial charge on any atom is 0.132 e. The first kappa shape index (κ1) is 14.2. The maximum atomic E-state index is 5.60. The molecule has 0 spiro atoms. The summed E-state index contributed by atoms with van der Waals surface area (Å²) in [6.45, 7) is 8.73.